The Morgan fingerprint density at radius 1 is 0.585 bits per heavy atom. The number of ether oxygens (including phenoxy) is 4. The van der Waals surface area contributed by atoms with Gasteiger partial charge < -0.3 is 87.0 Å². The Morgan fingerprint density at radius 3 is 1.52 bits per heavy atom. The summed E-state index contributed by atoms with van der Waals surface area (Å²) in [5.74, 6) is -7.14. The number of nitrogen functional groups attached to an aromatic ring is 1. The molecule has 2 fully saturated rings. The number of hydrogen-bond donors (Lipinski definition) is 13. The summed E-state index contributed by atoms with van der Waals surface area (Å²) in [6, 6.07) is 34.3. The van der Waals surface area contributed by atoms with Crippen LogP contribution in [0.2, 0.25) is 0 Å². The minimum atomic E-state index is -2.49. The lowest BCUT2D eigenvalue weighted by Crippen LogP contribution is -2.68. The maximum Gasteiger partial charge on any atom is 0.364 e. The number of carbonyl (C=O) groups excluding carboxylic acids is 7. The quantitative estimate of drug-likeness (QED) is 0.0120. The number of aliphatic carboxylic acids is 1. The number of nitrogens with one attached hydrogen (secondary N) is 5. The fourth-order valence-electron chi connectivity index (χ4n) is 10.8. The molecule has 0 radical (unpaired) electrons. The molecule has 5 aromatic rings. The fourth-order valence-corrected chi connectivity index (χ4v) is 12.4. The Labute approximate surface area is 552 Å². The predicted molar refractivity (Wildman–Crippen MR) is 350 cm³/mol. The van der Waals surface area contributed by atoms with Gasteiger partial charge >= 0.3 is 5.97 Å². The van der Waals surface area contributed by atoms with Crippen LogP contribution in [0, 0.1) is 0 Å². The van der Waals surface area contributed by atoms with Gasteiger partial charge in [0.15, 0.2) is 12.1 Å². The Morgan fingerprint density at radius 2 is 1.03 bits per heavy atom. The number of benzene rings is 5. The van der Waals surface area contributed by atoms with Crippen LogP contribution in [-0.2, 0) is 38.1 Å². The lowest BCUT2D eigenvalue weighted by Gasteiger charge is -2.46. The van der Waals surface area contributed by atoms with Crippen LogP contribution in [0.3, 0.4) is 0 Å². The molecule has 0 saturated carbocycles. The molecule has 5 amide bonds. The van der Waals surface area contributed by atoms with Gasteiger partial charge in [-0.2, -0.15) is 23.5 Å². The van der Waals surface area contributed by atoms with Gasteiger partial charge in [0.25, 0.3) is 23.5 Å². The van der Waals surface area contributed by atoms with Gasteiger partial charge in [-0.3, -0.25) is 33.6 Å². The number of ketones is 1. The Hall–Kier alpha value is -7.64. The minimum absolute atomic E-state index is 0.0345. The average Bonchev–Trinajstić information content (AvgIpc) is 0.779. The van der Waals surface area contributed by atoms with Gasteiger partial charge in [-0.15, -0.1) is 0 Å². The number of thioether (sulfide) groups is 2. The SMILES string of the molecule is CC(=O)N[C@H]1[C@H]([C@H](O)[C@H](O)CNC(=O)c2ccc(-c3ccccc3)cc2)O[C@](C=O)(OCCCSCCNC(=O)c2ccc(C(=O)CCCSCCCO[C@]3(C(=O)O)C[C@H](O)[C@@H](NC(C)=O)[C@H]([C@H](O)[C@H](O)CNC(=O)c4ccc(-c5ccccc5)cc4)O3)c(N)c2)C[C@@H]1O. The number of aliphatic hydroxyl groups excluding tert-OH is 6. The number of anilines is 1. The number of hydrogen-bond acceptors (Lipinski definition) is 21. The molecule has 506 valence electrons. The second-order valence-corrected chi connectivity index (χ2v) is 25.2. The van der Waals surface area contributed by atoms with Gasteiger partial charge in [0, 0.05) is 86.4 Å². The van der Waals surface area contributed by atoms with Gasteiger partial charge in [0.05, 0.1) is 49.7 Å². The molecule has 5 aromatic carbocycles. The first kappa shape index (κ1) is 73.8. The Kier molecular flexibility index (Phi) is 28.1. The van der Waals surface area contributed by atoms with E-state index in [2.05, 4.69) is 26.6 Å². The highest BCUT2D eigenvalue weighted by molar-refractivity contribution is 7.99. The summed E-state index contributed by atoms with van der Waals surface area (Å²) in [5, 5.41) is 90.2. The molecule has 7 rings (SSSR count). The largest absolute Gasteiger partial charge is 0.477 e. The maximum atomic E-state index is 13.2. The molecule has 2 saturated heterocycles. The van der Waals surface area contributed by atoms with Crippen molar-refractivity contribution in [3.05, 3.63) is 150 Å². The van der Waals surface area contributed by atoms with Crippen LogP contribution in [0.25, 0.3) is 22.3 Å². The van der Waals surface area contributed by atoms with Gasteiger partial charge in [-0.05, 0) is 101 Å². The van der Waals surface area contributed by atoms with Crippen LogP contribution >= 0.6 is 23.5 Å². The molecule has 2 aliphatic rings. The van der Waals surface area contributed by atoms with E-state index in [9.17, 15) is 74.1 Å². The van der Waals surface area contributed by atoms with Gasteiger partial charge in [0.2, 0.25) is 17.6 Å². The van der Waals surface area contributed by atoms with Gasteiger partial charge in [0.1, 0.15) is 24.4 Å². The molecular weight excluding hydrogens is 1260 g/mol. The van der Waals surface area contributed by atoms with E-state index in [1.165, 1.54) is 48.6 Å². The third-order valence-corrected chi connectivity index (χ3v) is 17.9. The molecule has 25 nitrogen and oxygen atoms in total. The van der Waals surface area contributed by atoms with Crippen LogP contribution < -0.4 is 32.3 Å². The number of carboxylic acid groups (broad SMARTS) is 1. The summed E-state index contributed by atoms with van der Waals surface area (Å²) in [6.45, 7) is 1.44. The Bertz CT molecular complexity index is 3340. The number of Topliss-reactive ketones (excluding diaryl/α,β-unsaturated/α-hetero) is 1. The molecule has 0 spiro atoms. The van der Waals surface area contributed by atoms with Crippen LogP contribution in [0.15, 0.2) is 127 Å². The third-order valence-electron chi connectivity index (χ3n) is 15.7. The van der Waals surface area contributed by atoms with Crippen LogP contribution in [0.5, 0.6) is 0 Å². The summed E-state index contributed by atoms with van der Waals surface area (Å²) < 4.78 is 23.4. The summed E-state index contributed by atoms with van der Waals surface area (Å²) in [5.41, 5.74) is 11.1. The molecule has 0 aliphatic carbocycles. The highest BCUT2D eigenvalue weighted by Gasteiger charge is 2.56. The summed E-state index contributed by atoms with van der Waals surface area (Å²) in [6.07, 6.45) is -12.9. The number of rotatable bonds is 35. The monoisotopic (exact) mass is 1340 g/mol. The Balaban J connectivity index is 0.776. The highest BCUT2D eigenvalue weighted by Crippen LogP contribution is 2.35. The number of aldehydes is 1. The molecule has 12 atom stereocenters. The first-order valence-corrected chi connectivity index (χ1v) is 33.0. The summed E-state index contributed by atoms with van der Waals surface area (Å²) >= 11 is 2.93. The van der Waals surface area contributed by atoms with Crippen molar-refractivity contribution in [3.63, 3.8) is 0 Å². The van der Waals surface area contributed by atoms with Gasteiger partial charge in [-0.1, -0.05) is 84.9 Å². The van der Waals surface area contributed by atoms with E-state index in [0.29, 0.717) is 54.1 Å². The molecule has 2 heterocycles. The zero-order chi connectivity index (χ0) is 68.0. The number of carboxylic acids is 1. The maximum absolute atomic E-state index is 13.2. The van der Waals surface area contributed by atoms with Crippen LogP contribution in [0.1, 0.15) is 93.8 Å². The normalized spacial score (nSPS) is 22.3. The smallest absolute Gasteiger partial charge is 0.364 e. The van der Waals surface area contributed by atoms with Crippen molar-refractivity contribution < 1.29 is 93.0 Å². The first-order valence-electron chi connectivity index (χ1n) is 30.7. The van der Waals surface area contributed by atoms with Crippen molar-refractivity contribution in [2.24, 2.45) is 0 Å². The molecule has 0 bridgehead atoms. The predicted octanol–water partition coefficient (Wildman–Crippen LogP) is 2.86. The number of amides is 5. The second kappa shape index (κ2) is 35.7. The van der Waals surface area contributed by atoms with Gasteiger partial charge in [-0.25, -0.2) is 4.79 Å². The topological polar surface area (TPSA) is 401 Å². The molecule has 27 heteroatoms. The van der Waals surface area contributed by atoms with Crippen molar-refractivity contribution >= 4 is 76.8 Å². The zero-order valence-electron chi connectivity index (χ0n) is 52.0. The summed E-state index contributed by atoms with van der Waals surface area (Å²) in [4.78, 5) is 102. The standard InChI is InChI=1S/C67H82N6O19S2/c1-40(75)72-56-52(78)35-66(39-74,91-60(56)58(82)54(80)37-70-62(84)46-21-17-44(18-22-46)42-12-5-3-6-13-42)89-28-10-32-94-33-27-69-64(86)48-25-26-49(50(68)34-48)51(77)16-9-30-93-31-11-29-90-67(65(87)88)36-53(79)57(73-41(2)76)61(92-67)59(83)55(81)38-71-63(85)47-23-19-45(20-24-47)43-14-7-4-8-15-43/h3-8,12-15,17-26,34,39,52-61,78-83H,9-11,16,27-33,35-38,68H2,1-2H3,(H,69,86)(H,70,84)(H,71,85)(H,72,75)(H,73,76)(H,87,88)/t52-,53-,54+,55+,56+,57+,58+,59+,60+,61+,66+,67+/m0/s1. The van der Waals surface area contributed by atoms with Crippen molar-refractivity contribution in [3.8, 4) is 22.3 Å². The van der Waals surface area contributed by atoms with E-state index in [4.69, 9.17) is 24.7 Å². The van der Waals surface area contributed by atoms with E-state index in [-0.39, 0.29) is 54.3 Å². The zero-order valence-corrected chi connectivity index (χ0v) is 53.6. The summed E-state index contributed by atoms with van der Waals surface area (Å²) in [7, 11) is 0. The van der Waals surface area contributed by atoms with E-state index >= 15 is 0 Å². The highest BCUT2D eigenvalue weighted by atomic mass is 32.2. The number of aliphatic hydroxyl groups is 6. The number of nitrogens with two attached hydrogens (primary N) is 1. The van der Waals surface area contributed by atoms with Crippen LogP contribution in [-0.4, -0.2) is 212 Å². The van der Waals surface area contributed by atoms with E-state index in [0.717, 1.165) is 29.2 Å². The van der Waals surface area contributed by atoms with E-state index in [1.807, 2.05) is 60.7 Å². The van der Waals surface area contributed by atoms with E-state index in [1.54, 1.807) is 48.5 Å². The van der Waals surface area contributed by atoms with E-state index < -0.39 is 134 Å². The lowest BCUT2D eigenvalue weighted by molar-refractivity contribution is -0.310. The molecule has 14 N–H and O–H groups in total. The molecule has 94 heavy (non-hydrogen) atoms. The van der Waals surface area contributed by atoms with Crippen molar-refractivity contribution in [2.75, 3.05) is 61.6 Å². The molecule has 2 aliphatic heterocycles. The number of carbonyl (C=O) groups is 8. The minimum Gasteiger partial charge on any atom is -0.477 e. The van der Waals surface area contributed by atoms with Crippen molar-refractivity contribution in [1.82, 2.24) is 26.6 Å². The third kappa shape index (κ3) is 20.7. The molecular formula is C67H82N6O19S2. The fraction of sp³-hybridized carbons (Fsp3) is 0.433. The average molecular weight is 1340 g/mol. The molecule has 0 unspecified atom stereocenters. The lowest BCUT2D eigenvalue weighted by atomic mass is 9.88. The second-order valence-electron chi connectivity index (χ2n) is 22.8. The molecule has 0 aromatic heterocycles. The first-order chi connectivity index (χ1) is 45.0. The van der Waals surface area contributed by atoms with Crippen molar-refractivity contribution in [1.29, 1.82) is 0 Å². The van der Waals surface area contributed by atoms with Crippen molar-refractivity contribution in [2.45, 2.75) is 125 Å². The van der Waals surface area contributed by atoms with Crippen LogP contribution in [0.4, 0.5) is 5.69 Å².